The van der Waals surface area contributed by atoms with Crippen molar-refractivity contribution >= 4 is 27.3 Å². The van der Waals surface area contributed by atoms with E-state index < -0.39 is 0 Å². The van der Waals surface area contributed by atoms with Crippen molar-refractivity contribution < 1.29 is 4.74 Å². The van der Waals surface area contributed by atoms with E-state index in [1.165, 1.54) is 28.6 Å². The van der Waals surface area contributed by atoms with E-state index in [2.05, 4.69) is 39.6 Å². The van der Waals surface area contributed by atoms with Gasteiger partial charge in [0.15, 0.2) is 0 Å². The van der Waals surface area contributed by atoms with Crippen LogP contribution in [0.25, 0.3) is 0 Å². The molecule has 1 aliphatic carbocycles. The summed E-state index contributed by atoms with van der Waals surface area (Å²) in [6, 6.07) is 2.17. The Morgan fingerprint density at radius 1 is 1.53 bits per heavy atom. The summed E-state index contributed by atoms with van der Waals surface area (Å²) in [6.45, 7) is 5.27. The van der Waals surface area contributed by atoms with Crippen LogP contribution in [0.3, 0.4) is 0 Å². The average Bonchev–Trinajstić information content (AvgIpc) is 3.06. The monoisotopic (exact) mass is 343 g/mol. The molecule has 2 heterocycles. The zero-order valence-electron chi connectivity index (χ0n) is 11.5. The molecule has 1 saturated heterocycles. The molecule has 1 aromatic rings. The smallest absolute Gasteiger partial charge is 0.0675 e. The van der Waals surface area contributed by atoms with Crippen molar-refractivity contribution in [1.29, 1.82) is 0 Å². The Kier molecular flexibility index (Phi) is 4.32. The van der Waals surface area contributed by atoms with Gasteiger partial charge in [0, 0.05) is 27.9 Å². The summed E-state index contributed by atoms with van der Waals surface area (Å²) >= 11 is 5.56. The largest absolute Gasteiger partial charge is 0.377 e. The third kappa shape index (κ3) is 2.92. The number of halogens is 1. The summed E-state index contributed by atoms with van der Waals surface area (Å²) in [5.74, 6) is 0.819. The highest BCUT2D eigenvalue weighted by atomic mass is 79.9. The number of rotatable bonds is 6. The Balaban J connectivity index is 1.81. The molecule has 1 aliphatic heterocycles. The number of hydrogen-bond donors (Lipinski definition) is 1. The second kappa shape index (κ2) is 5.84. The molecule has 1 N–H and O–H groups in total. The molecular formula is C15H22BrNOS. The van der Waals surface area contributed by atoms with Crippen LogP contribution < -0.4 is 5.32 Å². The fraction of sp³-hybridized carbons (Fsp3) is 0.733. The lowest BCUT2D eigenvalue weighted by molar-refractivity contribution is 0.0311. The van der Waals surface area contributed by atoms with E-state index in [-0.39, 0.29) is 0 Å². The van der Waals surface area contributed by atoms with E-state index in [4.69, 9.17) is 4.74 Å². The van der Waals surface area contributed by atoms with Crippen LogP contribution in [-0.2, 0) is 11.2 Å². The van der Waals surface area contributed by atoms with Crippen LogP contribution in [0, 0.1) is 11.3 Å². The van der Waals surface area contributed by atoms with Gasteiger partial charge >= 0.3 is 0 Å². The number of ether oxygens (including phenoxy) is 1. The van der Waals surface area contributed by atoms with Crippen molar-refractivity contribution in [3.63, 3.8) is 0 Å². The molecule has 0 aromatic carbocycles. The van der Waals surface area contributed by atoms with Gasteiger partial charge in [-0.05, 0) is 65.5 Å². The molecule has 2 fully saturated rings. The number of thiophene rings is 1. The van der Waals surface area contributed by atoms with Crippen LogP contribution in [-0.4, -0.2) is 25.8 Å². The summed E-state index contributed by atoms with van der Waals surface area (Å²) in [4.78, 5) is 1.48. The first-order valence-corrected chi connectivity index (χ1v) is 8.96. The Morgan fingerprint density at radius 3 is 3.00 bits per heavy atom. The molecule has 2 nitrogen and oxygen atoms in total. The third-order valence-corrected chi connectivity index (χ3v) is 6.41. The summed E-state index contributed by atoms with van der Waals surface area (Å²) in [7, 11) is 0. The van der Waals surface area contributed by atoms with E-state index in [1.54, 1.807) is 0 Å². The highest BCUT2D eigenvalue weighted by Gasteiger charge is 2.50. The van der Waals surface area contributed by atoms with Gasteiger partial charge in [-0.1, -0.05) is 6.92 Å². The SMILES string of the molecule is CCNCC1(Cc2sccc2Br)CCOC1C1CC1. The van der Waals surface area contributed by atoms with Gasteiger partial charge in [0.25, 0.3) is 0 Å². The summed E-state index contributed by atoms with van der Waals surface area (Å²) in [6.07, 6.45) is 5.56. The molecule has 1 aromatic heterocycles. The lowest BCUT2D eigenvalue weighted by atomic mass is 9.75. The van der Waals surface area contributed by atoms with Gasteiger partial charge in [0.05, 0.1) is 6.10 Å². The maximum Gasteiger partial charge on any atom is 0.0675 e. The zero-order chi connectivity index (χ0) is 13.3. The van der Waals surface area contributed by atoms with Gasteiger partial charge < -0.3 is 10.1 Å². The molecule has 3 rings (SSSR count). The zero-order valence-corrected chi connectivity index (χ0v) is 13.9. The molecule has 0 bridgehead atoms. The van der Waals surface area contributed by atoms with Crippen LogP contribution in [0.5, 0.6) is 0 Å². The predicted molar refractivity (Wildman–Crippen MR) is 83.8 cm³/mol. The highest BCUT2D eigenvalue weighted by molar-refractivity contribution is 9.10. The molecule has 2 unspecified atom stereocenters. The quantitative estimate of drug-likeness (QED) is 0.846. The lowest BCUT2D eigenvalue weighted by Gasteiger charge is -2.34. The third-order valence-electron chi connectivity index (χ3n) is 4.48. The standard InChI is InChI=1S/C15H22BrNOS/c1-2-17-10-15(9-13-12(16)5-8-19-13)6-7-18-14(15)11-3-4-11/h5,8,11,14,17H,2-4,6-7,9-10H2,1H3. The molecule has 2 aliphatic rings. The van der Waals surface area contributed by atoms with E-state index in [0.717, 1.165) is 32.0 Å². The molecule has 1 saturated carbocycles. The molecule has 106 valence electrons. The second-order valence-electron chi connectivity index (χ2n) is 5.89. The van der Waals surface area contributed by atoms with Gasteiger partial charge in [0.2, 0.25) is 0 Å². The minimum absolute atomic E-state index is 0.310. The summed E-state index contributed by atoms with van der Waals surface area (Å²) in [5.41, 5.74) is 0.310. The van der Waals surface area contributed by atoms with Crippen molar-refractivity contribution in [2.45, 2.75) is 38.7 Å². The van der Waals surface area contributed by atoms with Gasteiger partial charge in [-0.25, -0.2) is 0 Å². The van der Waals surface area contributed by atoms with Gasteiger partial charge in [-0.2, -0.15) is 0 Å². The first-order valence-electron chi connectivity index (χ1n) is 7.29. The fourth-order valence-corrected chi connectivity index (χ4v) is 4.98. The van der Waals surface area contributed by atoms with E-state index in [1.807, 2.05) is 11.3 Å². The van der Waals surface area contributed by atoms with Crippen molar-refractivity contribution in [3.8, 4) is 0 Å². The summed E-state index contributed by atoms with van der Waals surface area (Å²) < 4.78 is 7.40. The van der Waals surface area contributed by atoms with E-state index in [0.29, 0.717) is 11.5 Å². The van der Waals surface area contributed by atoms with Crippen molar-refractivity contribution in [3.05, 3.63) is 20.8 Å². The van der Waals surface area contributed by atoms with E-state index >= 15 is 0 Å². The molecule has 19 heavy (non-hydrogen) atoms. The second-order valence-corrected chi connectivity index (χ2v) is 7.75. The number of nitrogens with one attached hydrogen (secondary N) is 1. The minimum atomic E-state index is 0.310. The van der Waals surface area contributed by atoms with Gasteiger partial charge in [0.1, 0.15) is 0 Å². The summed E-state index contributed by atoms with van der Waals surface area (Å²) in [5, 5.41) is 5.77. The highest BCUT2D eigenvalue weighted by Crippen LogP contribution is 2.50. The normalized spacial score (nSPS) is 30.9. The lowest BCUT2D eigenvalue weighted by Crippen LogP contribution is -2.43. The first kappa shape index (κ1) is 14.1. The molecule has 2 atom stereocenters. The van der Waals surface area contributed by atoms with Gasteiger partial charge in [-0.3, -0.25) is 0 Å². The Labute approximate surface area is 128 Å². The number of hydrogen-bond acceptors (Lipinski definition) is 3. The predicted octanol–water partition coefficient (Wildman–Crippen LogP) is 3.85. The van der Waals surface area contributed by atoms with E-state index in [9.17, 15) is 0 Å². The van der Waals surface area contributed by atoms with Crippen molar-refractivity contribution in [2.24, 2.45) is 11.3 Å². The van der Waals surface area contributed by atoms with Crippen molar-refractivity contribution in [1.82, 2.24) is 5.32 Å². The van der Waals surface area contributed by atoms with Crippen LogP contribution >= 0.6 is 27.3 Å². The Bertz CT molecular complexity index is 432. The van der Waals surface area contributed by atoms with Crippen LogP contribution in [0.2, 0.25) is 0 Å². The Morgan fingerprint density at radius 2 is 2.37 bits per heavy atom. The molecule has 0 amide bonds. The molecular weight excluding hydrogens is 322 g/mol. The minimum Gasteiger partial charge on any atom is -0.377 e. The first-order chi connectivity index (χ1) is 9.25. The average molecular weight is 344 g/mol. The molecule has 0 radical (unpaired) electrons. The maximum atomic E-state index is 6.13. The van der Waals surface area contributed by atoms with Crippen molar-refractivity contribution in [2.75, 3.05) is 19.7 Å². The topological polar surface area (TPSA) is 21.3 Å². The molecule has 0 spiro atoms. The maximum absolute atomic E-state index is 6.13. The van der Waals surface area contributed by atoms with Gasteiger partial charge in [-0.15, -0.1) is 11.3 Å². The fourth-order valence-electron chi connectivity index (χ4n) is 3.33. The van der Waals surface area contributed by atoms with Crippen LogP contribution in [0.1, 0.15) is 31.1 Å². The Hall–Kier alpha value is 0.1000. The molecule has 4 heteroatoms. The van der Waals surface area contributed by atoms with Crippen LogP contribution in [0.15, 0.2) is 15.9 Å². The van der Waals surface area contributed by atoms with Crippen LogP contribution in [0.4, 0.5) is 0 Å².